The first-order chi connectivity index (χ1) is 12.7. The summed E-state index contributed by atoms with van der Waals surface area (Å²) in [6.45, 7) is 0.223. The number of hydrogen-bond donors (Lipinski definition) is 2. The van der Waals surface area contributed by atoms with E-state index in [0.717, 1.165) is 23.4 Å². The van der Waals surface area contributed by atoms with E-state index in [1.54, 1.807) is 13.3 Å². The molecule has 0 saturated carbocycles. The first kappa shape index (κ1) is 18.4. The number of aliphatic imine (C=N–C) groups is 1. The fourth-order valence-corrected chi connectivity index (χ4v) is 3.18. The number of aromatic nitrogens is 2. The first-order valence-corrected chi connectivity index (χ1v) is 8.71. The average molecular weight is 366 g/mol. The molecule has 0 spiro atoms. The quantitative estimate of drug-likeness (QED) is 0.582. The van der Waals surface area contributed by atoms with E-state index in [1.807, 2.05) is 12.1 Å². The number of likely N-dealkylation sites (tertiary alicyclic amines) is 1. The highest BCUT2D eigenvalue weighted by Gasteiger charge is 2.25. The number of nitrogens with zero attached hydrogens (tertiary/aromatic N) is 4. The second-order valence-electron chi connectivity index (χ2n) is 6.11. The lowest BCUT2D eigenvalue weighted by molar-refractivity contribution is 0.0668. The molecule has 1 atom stereocenters. The summed E-state index contributed by atoms with van der Waals surface area (Å²) in [6, 6.07) is 3.96. The molecule has 26 heavy (non-hydrogen) atoms. The van der Waals surface area contributed by atoms with Gasteiger partial charge in [-0.25, -0.2) is 4.98 Å². The van der Waals surface area contributed by atoms with Gasteiger partial charge < -0.3 is 15.1 Å². The fraction of sp³-hybridized carbons (Fsp3) is 0.529. The minimum Gasteiger partial charge on any atom is -0.468 e. The van der Waals surface area contributed by atoms with Gasteiger partial charge in [0.15, 0.2) is 5.96 Å². The lowest BCUT2D eigenvalue weighted by Gasteiger charge is -2.26. The summed E-state index contributed by atoms with van der Waals surface area (Å²) in [7, 11) is 1.65. The Morgan fingerprint density at radius 1 is 1.35 bits per heavy atom. The SMILES string of the molecule is CN=C(NCc1nccn1C(F)F)NCC(c1ccco1)N1CCCC1. The van der Waals surface area contributed by atoms with Crippen LogP contribution < -0.4 is 10.6 Å². The van der Waals surface area contributed by atoms with Gasteiger partial charge in [-0.15, -0.1) is 0 Å². The molecule has 142 valence electrons. The molecule has 2 aromatic heterocycles. The lowest BCUT2D eigenvalue weighted by Crippen LogP contribution is -2.42. The molecule has 1 aliphatic rings. The molecule has 9 heteroatoms. The van der Waals surface area contributed by atoms with E-state index in [2.05, 4.69) is 25.5 Å². The number of hydrogen-bond acceptors (Lipinski definition) is 4. The molecule has 1 aliphatic heterocycles. The first-order valence-electron chi connectivity index (χ1n) is 8.71. The van der Waals surface area contributed by atoms with Crippen molar-refractivity contribution < 1.29 is 13.2 Å². The highest BCUT2D eigenvalue weighted by atomic mass is 19.3. The topological polar surface area (TPSA) is 70.6 Å². The van der Waals surface area contributed by atoms with E-state index in [0.29, 0.717) is 12.5 Å². The van der Waals surface area contributed by atoms with Gasteiger partial charge in [-0.3, -0.25) is 14.5 Å². The largest absolute Gasteiger partial charge is 0.468 e. The summed E-state index contributed by atoms with van der Waals surface area (Å²) in [5, 5.41) is 6.29. The van der Waals surface area contributed by atoms with Crippen molar-refractivity contribution in [1.82, 2.24) is 25.1 Å². The molecule has 0 aliphatic carbocycles. The van der Waals surface area contributed by atoms with Crippen molar-refractivity contribution in [3.05, 3.63) is 42.4 Å². The third-order valence-electron chi connectivity index (χ3n) is 4.51. The standard InChI is InChI=1S/C17H24F2N6O/c1-20-17(23-12-15-21-6-9-25(15)16(18)19)22-11-13(14-5-4-10-26-14)24-7-2-3-8-24/h4-6,9-10,13,16H,2-3,7-8,11-12H2,1H3,(H2,20,22,23). The van der Waals surface area contributed by atoms with Crippen molar-refractivity contribution >= 4 is 5.96 Å². The molecule has 3 heterocycles. The fourth-order valence-electron chi connectivity index (χ4n) is 3.18. The molecule has 3 rings (SSSR count). The number of nitrogens with one attached hydrogen (secondary N) is 2. The molecule has 1 unspecified atom stereocenters. The summed E-state index contributed by atoms with van der Waals surface area (Å²) >= 11 is 0. The molecule has 0 amide bonds. The molecular formula is C17H24F2N6O. The van der Waals surface area contributed by atoms with Crippen LogP contribution >= 0.6 is 0 Å². The maximum atomic E-state index is 12.9. The minimum absolute atomic E-state index is 0.106. The number of rotatable bonds is 7. The van der Waals surface area contributed by atoms with Gasteiger partial charge in [-0.1, -0.05) is 0 Å². The number of imidazole rings is 1. The van der Waals surface area contributed by atoms with Crippen LogP contribution in [0.3, 0.4) is 0 Å². The van der Waals surface area contributed by atoms with E-state index >= 15 is 0 Å². The van der Waals surface area contributed by atoms with Gasteiger partial charge in [-0.2, -0.15) is 8.78 Å². The Labute approximate surface area is 151 Å². The third-order valence-corrected chi connectivity index (χ3v) is 4.51. The van der Waals surface area contributed by atoms with Crippen molar-refractivity contribution in [3.63, 3.8) is 0 Å². The van der Waals surface area contributed by atoms with Crippen LogP contribution in [0.4, 0.5) is 8.78 Å². The Kier molecular flexibility index (Phi) is 6.21. The molecular weight excluding hydrogens is 342 g/mol. The van der Waals surface area contributed by atoms with E-state index in [4.69, 9.17) is 4.42 Å². The molecule has 0 aromatic carbocycles. The Balaban J connectivity index is 1.57. The second-order valence-corrected chi connectivity index (χ2v) is 6.11. The monoisotopic (exact) mass is 366 g/mol. The number of halogens is 2. The van der Waals surface area contributed by atoms with Crippen LogP contribution in [0.15, 0.2) is 40.2 Å². The van der Waals surface area contributed by atoms with E-state index < -0.39 is 6.55 Å². The smallest absolute Gasteiger partial charge is 0.319 e. The normalized spacial score (nSPS) is 17.0. The molecule has 1 saturated heterocycles. The molecule has 7 nitrogen and oxygen atoms in total. The zero-order valence-electron chi connectivity index (χ0n) is 14.7. The van der Waals surface area contributed by atoms with Crippen LogP contribution in [-0.4, -0.2) is 47.1 Å². The highest BCUT2D eigenvalue weighted by Crippen LogP contribution is 2.24. The summed E-state index contributed by atoms with van der Waals surface area (Å²) in [6.07, 6.45) is 6.66. The van der Waals surface area contributed by atoms with Gasteiger partial charge in [0.25, 0.3) is 0 Å². The Morgan fingerprint density at radius 3 is 2.81 bits per heavy atom. The van der Waals surface area contributed by atoms with Crippen LogP contribution in [-0.2, 0) is 6.54 Å². The predicted octanol–water partition coefficient (Wildman–Crippen LogP) is 2.37. The summed E-state index contributed by atoms with van der Waals surface area (Å²) in [5.74, 6) is 1.69. The van der Waals surface area contributed by atoms with Crippen LogP contribution in [0, 0.1) is 0 Å². The number of guanidine groups is 1. The van der Waals surface area contributed by atoms with Gasteiger partial charge >= 0.3 is 6.55 Å². The zero-order valence-corrected chi connectivity index (χ0v) is 14.7. The van der Waals surface area contributed by atoms with Crippen LogP contribution in [0.25, 0.3) is 0 Å². The van der Waals surface area contributed by atoms with Gasteiger partial charge in [0.05, 0.1) is 18.8 Å². The van der Waals surface area contributed by atoms with Crippen molar-refractivity contribution in [1.29, 1.82) is 0 Å². The number of alkyl halides is 2. The molecule has 2 aromatic rings. The Morgan fingerprint density at radius 2 is 2.15 bits per heavy atom. The van der Waals surface area contributed by atoms with Gasteiger partial charge in [-0.05, 0) is 38.1 Å². The summed E-state index contributed by atoms with van der Waals surface area (Å²) in [5.41, 5.74) is 0. The third kappa shape index (κ3) is 4.40. The number of furan rings is 1. The minimum atomic E-state index is -2.61. The molecule has 0 bridgehead atoms. The highest BCUT2D eigenvalue weighted by molar-refractivity contribution is 5.79. The van der Waals surface area contributed by atoms with Crippen LogP contribution in [0.5, 0.6) is 0 Å². The average Bonchev–Trinajstić information content (AvgIpc) is 3.40. The lowest BCUT2D eigenvalue weighted by atomic mass is 10.2. The summed E-state index contributed by atoms with van der Waals surface area (Å²) < 4.78 is 32.2. The van der Waals surface area contributed by atoms with Gasteiger partial charge in [0.2, 0.25) is 0 Å². The van der Waals surface area contributed by atoms with Crippen LogP contribution in [0.1, 0.15) is 37.0 Å². The van der Waals surface area contributed by atoms with Crippen molar-refractivity contribution in [2.45, 2.75) is 32.0 Å². The van der Waals surface area contributed by atoms with E-state index in [1.165, 1.54) is 25.2 Å². The van der Waals surface area contributed by atoms with Crippen LogP contribution in [0.2, 0.25) is 0 Å². The van der Waals surface area contributed by atoms with E-state index in [9.17, 15) is 8.78 Å². The van der Waals surface area contributed by atoms with Crippen molar-refractivity contribution in [2.24, 2.45) is 4.99 Å². The predicted molar refractivity (Wildman–Crippen MR) is 93.9 cm³/mol. The molecule has 1 fully saturated rings. The molecule has 0 radical (unpaired) electrons. The zero-order chi connectivity index (χ0) is 18.4. The Bertz CT molecular complexity index is 694. The van der Waals surface area contributed by atoms with Crippen molar-refractivity contribution in [3.8, 4) is 0 Å². The Hall–Kier alpha value is -2.42. The van der Waals surface area contributed by atoms with Crippen molar-refractivity contribution in [2.75, 3.05) is 26.7 Å². The van der Waals surface area contributed by atoms with Gasteiger partial charge in [0.1, 0.15) is 11.6 Å². The summed E-state index contributed by atoms with van der Waals surface area (Å²) in [4.78, 5) is 10.5. The maximum absolute atomic E-state index is 12.9. The second kappa shape index (κ2) is 8.79. The molecule has 2 N–H and O–H groups in total. The van der Waals surface area contributed by atoms with Gasteiger partial charge in [0, 0.05) is 26.0 Å². The van der Waals surface area contributed by atoms with E-state index in [-0.39, 0.29) is 18.4 Å². The maximum Gasteiger partial charge on any atom is 0.319 e.